The van der Waals surface area contributed by atoms with E-state index in [1.54, 1.807) is 12.4 Å². The van der Waals surface area contributed by atoms with Gasteiger partial charge in [-0.25, -0.2) is 4.98 Å². The predicted molar refractivity (Wildman–Crippen MR) is 133 cm³/mol. The number of hydrogen-bond acceptors (Lipinski definition) is 4. The van der Waals surface area contributed by atoms with Gasteiger partial charge >= 0.3 is 0 Å². The van der Waals surface area contributed by atoms with Gasteiger partial charge in [0.2, 0.25) is 0 Å². The van der Waals surface area contributed by atoms with E-state index in [4.69, 9.17) is 4.98 Å². The van der Waals surface area contributed by atoms with Crippen LogP contribution in [0, 0.1) is 0 Å². The maximum absolute atomic E-state index is 12.7. The van der Waals surface area contributed by atoms with Gasteiger partial charge in [-0.3, -0.25) is 14.7 Å². The van der Waals surface area contributed by atoms with Crippen molar-refractivity contribution < 1.29 is 0 Å². The highest BCUT2D eigenvalue weighted by Crippen LogP contribution is 2.26. The van der Waals surface area contributed by atoms with Crippen LogP contribution in [0.4, 0.5) is 0 Å². The summed E-state index contributed by atoms with van der Waals surface area (Å²) in [6, 6.07) is 22.9. The number of para-hydroxylation sites is 1. The number of hydrogen-bond donors (Lipinski definition) is 1. The van der Waals surface area contributed by atoms with Gasteiger partial charge in [0.1, 0.15) is 5.82 Å². The Hall–Kier alpha value is -4.03. The van der Waals surface area contributed by atoms with E-state index in [1.165, 1.54) is 22.0 Å². The molecule has 5 aromatic rings. The maximum atomic E-state index is 12.7. The lowest BCUT2D eigenvalue weighted by Crippen LogP contribution is -2.35. The number of pyridine rings is 1. The fourth-order valence-electron chi connectivity index (χ4n) is 4.87. The highest BCUT2D eigenvalue weighted by Gasteiger charge is 2.22. The molecule has 1 aliphatic rings. The van der Waals surface area contributed by atoms with E-state index in [1.807, 2.05) is 12.1 Å². The van der Waals surface area contributed by atoms with E-state index in [-0.39, 0.29) is 5.56 Å². The van der Waals surface area contributed by atoms with Crippen LogP contribution >= 0.6 is 0 Å². The molecule has 0 spiro atoms. The van der Waals surface area contributed by atoms with Gasteiger partial charge in [-0.15, -0.1) is 0 Å². The van der Waals surface area contributed by atoms with Gasteiger partial charge in [-0.1, -0.05) is 48.5 Å². The molecule has 1 N–H and O–H groups in total. The van der Waals surface area contributed by atoms with E-state index < -0.39 is 0 Å². The number of aromatic amines is 1. The fraction of sp³-hybridized carbons (Fsp3) is 0.179. The van der Waals surface area contributed by atoms with Crippen LogP contribution in [0.1, 0.15) is 22.4 Å². The Morgan fingerprint density at radius 1 is 0.941 bits per heavy atom. The van der Waals surface area contributed by atoms with Crippen molar-refractivity contribution in [2.45, 2.75) is 26.1 Å². The van der Waals surface area contributed by atoms with Crippen molar-refractivity contribution in [1.29, 1.82) is 0 Å². The molecule has 0 amide bonds. The Kier molecular flexibility index (Phi) is 5.28. The summed E-state index contributed by atoms with van der Waals surface area (Å²) in [7, 11) is 0. The van der Waals surface area contributed by atoms with E-state index in [9.17, 15) is 4.79 Å². The van der Waals surface area contributed by atoms with Crippen molar-refractivity contribution in [2.75, 3.05) is 6.54 Å². The van der Waals surface area contributed by atoms with Gasteiger partial charge in [-0.05, 0) is 35.7 Å². The quantitative estimate of drug-likeness (QED) is 0.434. The minimum atomic E-state index is -0.0389. The van der Waals surface area contributed by atoms with Crippen LogP contribution in [0.3, 0.4) is 0 Å². The lowest BCUT2D eigenvalue weighted by Gasteiger charge is -2.27. The van der Waals surface area contributed by atoms with Gasteiger partial charge < -0.3 is 9.55 Å². The predicted octanol–water partition coefficient (Wildman–Crippen LogP) is 4.39. The lowest BCUT2D eigenvalue weighted by molar-refractivity contribution is 0.241. The molecule has 3 aromatic heterocycles. The third-order valence-corrected chi connectivity index (χ3v) is 6.55. The zero-order valence-corrected chi connectivity index (χ0v) is 18.8. The van der Waals surface area contributed by atoms with Crippen LogP contribution < -0.4 is 5.56 Å². The zero-order chi connectivity index (χ0) is 22.9. The summed E-state index contributed by atoms with van der Waals surface area (Å²) < 4.78 is 2.33. The van der Waals surface area contributed by atoms with Crippen molar-refractivity contribution >= 4 is 10.9 Å². The van der Waals surface area contributed by atoms with Crippen LogP contribution in [-0.2, 0) is 26.1 Å². The van der Waals surface area contributed by atoms with E-state index >= 15 is 0 Å². The lowest BCUT2D eigenvalue weighted by atomic mass is 10.0. The summed E-state index contributed by atoms with van der Waals surface area (Å²) in [5.41, 5.74) is 6.27. The number of rotatable bonds is 5. The Morgan fingerprint density at radius 2 is 1.79 bits per heavy atom. The largest absolute Gasteiger partial charge is 0.343 e. The van der Waals surface area contributed by atoms with E-state index in [0.717, 1.165) is 36.5 Å². The molecule has 1 aliphatic heterocycles. The number of benzene rings is 2. The zero-order valence-electron chi connectivity index (χ0n) is 18.8. The first kappa shape index (κ1) is 20.6. The Labute approximate surface area is 197 Å². The molecule has 0 aliphatic carbocycles. The molecular weight excluding hydrogens is 422 g/mol. The molecule has 0 unspecified atom stereocenters. The molecule has 0 radical (unpaired) electrons. The first-order chi connectivity index (χ1) is 16.7. The minimum absolute atomic E-state index is 0.0389. The van der Waals surface area contributed by atoms with Gasteiger partial charge in [-0.2, -0.15) is 0 Å². The van der Waals surface area contributed by atoms with Crippen molar-refractivity contribution in [1.82, 2.24) is 24.4 Å². The summed E-state index contributed by atoms with van der Waals surface area (Å²) >= 11 is 0. The number of aromatic nitrogens is 4. The van der Waals surface area contributed by atoms with E-state index in [0.29, 0.717) is 18.8 Å². The summed E-state index contributed by atoms with van der Waals surface area (Å²) in [4.78, 5) is 27.0. The van der Waals surface area contributed by atoms with Gasteiger partial charge in [0, 0.05) is 66.8 Å². The molecule has 2 aromatic carbocycles. The fourth-order valence-corrected chi connectivity index (χ4v) is 4.87. The smallest absolute Gasteiger partial charge is 0.254 e. The highest BCUT2D eigenvalue weighted by molar-refractivity contribution is 5.84. The van der Waals surface area contributed by atoms with Gasteiger partial charge in [0.05, 0.1) is 5.69 Å². The minimum Gasteiger partial charge on any atom is -0.343 e. The van der Waals surface area contributed by atoms with Crippen molar-refractivity contribution in [2.24, 2.45) is 0 Å². The van der Waals surface area contributed by atoms with Crippen LogP contribution in [-0.4, -0.2) is 31.0 Å². The topological polar surface area (TPSA) is 66.8 Å². The molecule has 0 bridgehead atoms. The number of nitrogens with one attached hydrogen (secondary N) is 1. The Bertz CT molecular complexity index is 1500. The highest BCUT2D eigenvalue weighted by atomic mass is 16.1. The molecule has 6 rings (SSSR count). The van der Waals surface area contributed by atoms with Gasteiger partial charge in [0.15, 0.2) is 0 Å². The van der Waals surface area contributed by atoms with Crippen LogP contribution in [0.5, 0.6) is 0 Å². The monoisotopic (exact) mass is 447 g/mol. The van der Waals surface area contributed by atoms with Crippen molar-refractivity contribution in [3.05, 3.63) is 118 Å². The second-order valence-electron chi connectivity index (χ2n) is 8.83. The third kappa shape index (κ3) is 3.93. The number of H-pyrrole nitrogens is 1. The van der Waals surface area contributed by atoms with Crippen LogP contribution in [0.2, 0.25) is 0 Å². The summed E-state index contributed by atoms with van der Waals surface area (Å²) in [6.45, 7) is 3.15. The summed E-state index contributed by atoms with van der Waals surface area (Å²) in [5.74, 6) is 0.582. The molecule has 34 heavy (non-hydrogen) atoms. The van der Waals surface area contributed by atoms with Crippen molar-refractivity contribution in [3.63, 3.8) is 0 Å². The molecule has 0 atom stereocenters. The second kappa shape index (κ2) is 8.72. The Balaban J connectivity index is 1.29. The van der Waals surface area contributed by atoms with E-state index in [2.05, 4.69) is 80.2 Å². The molecule has 4 heterocycles. The molecule has 6 heteroatoms. The van der Waals surface area contributed by atoms with Gasteiger partial charge in [0.25, 0.3) is 5.56 Å². The molecule has 0 fully saturated rings. The number of fused-ring (bicyclic) bond motifs is 2. The molecular formula is C28H25N5O. The van der Waals surface area contributed by atoms with Crippen LogP contribution in [0.25, 0.3) is 22.3 Å². The second-order valence-corrected chi connectivity index (χ2v) is 8.83. The molecule has 6 nitrogen and oxygen atoms in total. The average Bonchev–Trinajstić information content (AvgIpc) is 3.22. The van der Waals surface area contributed by atoms with Crippen LogP contribution in [0.15, 0.2) is 90.1 Å². The maximum Gasteiger partial charge on any atom is 0.254 e. The summed E-state index contributed by atoms with van der Waals surface area (Å²) in [6.07, 6.45) is 6.43. The number of nitrogens with zero attached hydrogens (tertiary/aromatic N) is 4. The molecule has 168 valence electrons. The molecule has 0 saturated heterocycles. The standard InChI is InChI=1S/C28H25N5O/c34-28-24-12-14-32(19-25(24)30-27(31-28)21-9-6-13-29-15-21)17-22-18-33(16-20-7-2-1-3-8-20)26-11-5-4-10-23(22)26/h1-11,13,15,18H,12,14,16-17,19H2,(H,30,31,34). The first-order valence-corrected chi connectivity index (χ1v) is 11.6. The SMILES string of the molecule is O=c1[nH]c(-c2cccnc2)nc2c1CCN(Cc1cn(Cc3ccccc3)c3ccccc13)C2. The molecule has 0 saturated carbocycles. The summed E-state index contributed by atoms with van der Waals surface area (Å²) in [5, 5.41) is 1.28. The average molecular weight is 448 g/mol. The first-order valence-electron chi connectivity index (χ1n) is 11.6. The van der Waals surface area contributed by atoms with Crippen molar-refractivity contribution in [3.8, 4) is 11.4 Å². The third-order valence-electron chi connectivity index (χ3n) is 6.55. The normalized spacial score (nSPS) is 13.8. The Morgan fingerprint density at radius 3 is 2.65 bits per heavy atom.